The highest BCUT2D eigenvalue weighted by molar-refractivity contribution is 5.29. The van der Waals surface area contributed by atoms with Crippen molar-refractivity contribution in [2.24, 2.45) is 0 Å². The zero-order chi connectivity index (χ0) is 14.9. The number of β-amino-alcohol motifs (C(OH)–C–C–N with tert-alkyl or cyclic N) is 1. The van der Waals surface area contributed by atoms with Crippen LogP contribution in [0.2, 0.25) is 0 Å². The van der Waals surface area contributed by atoms with Gasteiger partial charge in [0.1, 0.15) is 11.8 Å². The Labute approximate surface area is 113 Å². The summed E-state index contributed by atoms with van der Waals surface area (Å²) >= 11 is 0. The number of rotatable bonds is 2. The standard InChI is InChI=1S/C11H15F3N4O2/c1-18-4-6(9(20)7(19)5-18)16-10-15-3-2-8(17-10)11(12,13)14/h2-3,6-7,9,19-20H,4-5H2,1H3,(H,15,16,17)/t6-,7-,9+/m0/s1. The molecule has 0 spiro atoms. The van der Waals surface area contributed by atoms with E-state index in [-0.39, 0.29) is 5.95 Å². The molecule has 0 bridgehead atoms. The van der Waals surface area contributed by atoms with Crippen LogP contribution >= 0.6 is 0 Å². The van der Waals surface area contributed by atoms with E-state index in [1.807, 2.05) is 0 Å². The number of nitrogens with one attached hydrogen (secondary N) is 1. The average Bonchev–Trinajstić information content (AvgIpc) is 2.35. The van der Waals surface area contributed by atoms with Gasteiger partial charge in [0.25, 0.3) is 0 Å². The maximum Gasteiger partial charge on any atom is 0.433 e. The van der Waals surface area contributed by atoms with Crippen molar-refractivity contribution in [3.63, 3.8) is 0 Å². The maximum absolute atomic E-state index is 12.5. The highest BCUT2D eigenvalue weighted by Gasteiger charge is 2.35. The number of hydrogen-bond donors (Lipinski definition) is 3. The van der Waals surface area contributed by atoms with Crippen LogP contribution in [-0.4, -0.2) is 63.5 Å². The third-order valence-corrected chi connectivity index (χ3v) is 3.07. The zero-order valence-corrected chi connectivity index (χ0v) is 10.7. The SMILES string of the molecule is CN1C[C@H](Nc2nccc(C(F)(F)F)n2)[C@@H](O)[C@@H](O)C1. The van der Waals surface area contributed by atoms with Crippen LogP contribution in [0.1, 0.15) is 5.69 Å². The molecule has 0 amide bonds. The van der Waals surface area contributed by atoms with Crippen molar-refractivity contribution in [2.75, 3.05) is 25.5 Å². The van der Waals surface area contributed by atoms with Crippen molar-refractivity contribution in [1.29, 1.82) is 0 Å². The predicted molar refractivity (Wildman–Crippen MR) is 64.0 cm³/mol. The summed E-state index contributed by atoms with van der Waals surface area (Å²) in [5.41, 5.74) is -1.06. The van der Waals surface area contributed by atoms with Crippen LogP contribution in [0.5, 0.6) is 0 Å². The minimum atomic E-state index is -4.55. The molecule has 1 aromatic rings. The van der Waals surface area contributed by atoms with Gasteiger partial charge in [0, 0.05) is 19.3 Å². The van der Waals surface area contributed by atoms with Gasteiger partial charge in [-0.25, -0.2) is 9.97 Å². The first-order valence-corrected chi connectivity index (χ1v) is 5.99. The lowest BCUT2D eigenvalue weighted by Crippen LogP contribution is -2.57. The number of nitrogens with zero attached hydrogens (tertiary/aromatic N) is 3. The quantitative estimate of drug-likeness (QED) is 0.709. The second-order valence-electron chi connectivity index (χ2n) is 4.79. The Bertz CT molecular complexity index is 471. The van der Waals surface area contributed by atoms with Gasteiger partial charge in [-0.3, -0.25) is 0 Å². The molecule has 0 unspecified atom stereocenters. The summed E-state index contributed by atoms with van der Waals surface area (Å²) in [5.74, 6) is -0.230. The minimum absolute atomic E-state index is 0.230. The Kier molecular flexibility index (Phi) is 4.11. The van der Waals surface area contributed by atoms with E-state index in [0.717, 1.165) is 12.3 Å². The lowest BCUT2D eigenvalue weighted by Gasteiger charge is -2.37. The number of aliphatic hydroxyl groups excluding tert-OH is 2. The number of likely N-dealkylation sites (tertiary alicyclic amines) is 1. The van der Waals surface area contributed by atoms with Crippen LogP contribution in [0.3, 0.4) is 0 Å². The van der Waals surface area contributed by atoms with E-state index in [1.165, 1.54) is 0 Å². The molecule has 2 rings (SSSR count). The molecule has 0 aliphatic carbocycles. The molecule has 0 radical (unpaired) electrons. The molecule has 1 aliphatic rings. The molecule has 3 N–H and O–H groups in total. The van der Waals surface area contributed by atoms with Crippen molar-refractivity contribution >= 4 is 5.95 Å². The summed E-state index contributed by atoms with van der Waals surface area (Å²) in [5, 5.41) is 22.1. The van der Waals surface area contributed by atoms with Crippen molar-refractivity contribution in [3.05, 3.63) is 18.0 Å². The molecule has 1 aliphatic heterocycles. The molecule has 1 fully saturated rings. The van der Waals surface area contributed by atoms with Crippen molar-refractivity contribution in [1.82, 2.24) is 14.9 Å². The first-order chi connectivity index (χ1) is 9.27. The topological polar surface area (TPSA) is 81.5 Å². The van der Waals surface area contributed by atoms with E-state index in [4.69, 9.17) is 0 Å². The predicted octanol–water partition coefficient (Wildman–Crippen LogP) is -0.0569. The van der Waals surface area contributed by atoms with Gasteiger partial charge in [0.05, 0.1) is 12.1 Å². The molecule has 112 valence electrons. The Balaban J connectivity index is 2.13. The van der Waals surface area contributed by atoms with Crippen LogP contribution in [0.4, 0.5) is 19.1 Å². The number of alkyl halides is 3. The Hall–Kier alpha value is -1.45. The molecule has 2 heterocycles. The summed E-state index contributed by atoms with van der Waals surface area (Å²) in [7, 11) is 1.73. The fraction of sp³-hybridized carbons (Fsp3) is 0.636. The molecule has 0 saturated carbocycles. The maximum atomic E-state index is 12.5. The van der Waals surface area contributed by atoms with Gasteiger partial charge in [-0.2, -0.15) is 13.2 Å². The lowest BCUT2D eigenvalue weighted by atomic mass is 10.0. The second kappa shape index (κ2) is 5.51. The van der Waals surface area contributed by atoms with E-state index >= 15 is 0 Å². The molecular formula is C11H15F3N4O2. The Morgan fingerprint density at radius 2 is 2.05 bits per heavy atom. The van der Waals surface area contributed by atoms with Gasteiger partial charge >= 0.3 is 6.18 Å². The lowest BCUT2D eigenvalue weighted by molar-refractivity contribution is -0.141. The van der Waals surface area contributed by atoms with E-state index in [2.05, 4.69) is 15.3 Å². The first kappa shape index (κ1) is 14.9. The van der Waals surface area contributed by atoms with Crippen LogP contribution < -0.4 is 5.32 Å². The second-order valence-corrected chi connectivity index (χ2v) is 4.79. The number of piperidine rings is 1. The smallest absolute Gasteiger partial charge is 0.389 e. The molecular weight excluding hydrogens is 277 g/mol. The molecule has 6 nitrogen and oxygen atoms in total. The number of halogens is 3. The van der Waals surface area contributed by atoms with Gasteiger partial charge in [-0.05, 0) is 13.1 Å². The summed E-state index contributed by atoms with van der Waals surface area (Å²) in [6.07, 6.45) is -5.63. The van der Waals surface area contributed by atoms with Crippen molar-refractivity contribution in [2.45, 2.75) is 24.4 Å². The highest BCUT2D eigenvalue weighted by Crippen LogP contribution is 2.27. The highest BCUT2D eigenvalue weighted by atomic mass is 19.4. The van der Waals surface area contributed by atoms with Crippen LogP contribution in [0.15, 0.2) is 12.3 Å². The van der Waals surface area contributed by atoms with Crippen LogP contribution in [0, 0.1) is 0 Å². The largest absolute Gasteiger partial charge is 0.433 e. The summed E-state index contributed by atoms with van der Waals surface area (Å²) < 4.78 is 37.6. The van der Waals surface area contributed by atoms with Gasteiger partial charge in [-0.15, -0.1) is 0 Å². The molecule has 9 heteroatoms. The van der Waals surface area contributed by atoms with Crippen LogP contribution in [0.25, 0.3) is 0 Å². The fourth-order valence-electron chi connectivity index (χ4n) is 2.10. The van der Waals surface area contributed by atoms with Gasteiger partial charge in [0.2, 0.25) is 5.95 Å². The molecule has 0 aromatic carbocycles. The first-order valence-electron chi connectivity index (χ1n) is 5.99. The summed E-state index contributed by atoms with van der Waals surface area (Å²) in [4.78, 5) is 8.81. The van der Waals surface area contributed by atoms with Gasteiger partial charge in [0.15, 0.2) is 0 Å². The number of anilines is 1. The Morgan fingerprint density at radius 3 is 2.70 bits per heavy atom. The monoisotopic (exact) mass is 292 g/mol. The molecule has 1 saturated heterocycles. The van der Waals surface area contributed by atoms with Gasteiger partial charge < -0.3 is 20.4 Å². The van der Waals surface area contributed by atoms with Crippen molar-refractivity contribution in [3.8, 4) is 0 Å². The van der Waals surface area contributed by atoms with Gasteiger partial charge in [-0.1, -0.05) is 0 Å². The van der Waals surface area contributed by atoms with E-state index < -0.39 is 30.1 Å². The summed E-state index contributed by atoms with van der Waals surface area (Å²) in [6, 6.07) is 0.121. The number of aromatic nitrogens is 2. The Morgan fingerprint density at radius 1 is 1.35 bits per heavy atom. The van der Waals surface area contributed by atoms with E-state index in [1.54, 1.807) is 11.9 Å². The molecule has 3 atom stereocenters. The third-order valence-electron chi connectivity index (χ3n) is 3.07. The zero-order valence-electron chi connectivity index (χ0n) is 10.7. The molecule has 1 aromatic heterocycles. The number of hydrogen-bond acceptors (Lipinski definition) is 6. The number of aliphatic hydroxyl groups is 2. The average molecular weight is 292 g/mol. The van der Waals surface area contributed by atoms with Crippen molar-refractivity contribution < 1.29 is 23.4 Å². The third kappa shape index (κ3) is 3.35. The van der Waals surface area contributed by atoms with Crippen LogP contribution in [-0.2, 0) is 6.18 Å². The molecule has 20 heavy (non-hydrogen) atoms. The summed E-state index contributed by atoms with van der Waals surface area (Å²) in [6.45, 7) is 0.653. The van der Waals surface area contributed by atoms with E-state index in [0.29, 0.717) is 13.1 Å². The normalized spacial score (nSPS) is 28.4. The van der Waals surface area contributed by atoms with E-state index in [9.17, 15) is 23.4 Å². The minimum Gasteiger partial charge on any atom is -0.389 e. The number of likely N-dealkylation sites (N-methyl/N-ethyl adjacent to an activating group) is 1. The fourth-order valence-corrected chi connectivity index (χ4v) is 2.10.